The molecule has 0 saturated carbocycles. The van der Waals surface area contributed by atoms with Crippen molar-refractivity contribution in [1.82, 2.24) is 5.32 Å². The van der Waals surface area contributed by atoms with Crippen LogP contribution in [0.2, 0.25) is 0 Å². The van der Waals surface area contributed by atoms with Crippen molar-refractivity contribution in [2.24, 2.45) is 0 Å². The normalized spacial score (nSPS) is 10.4. The fourth-order valence-corrected chi connectivity index (χ4v) is 2.11. The largest absolute Gasteiger partial charge is 0.455 e. The average Bonchev–Trinajstić information content (AvgIpc) is 2.55. The number of hydrogen-bond donors (Lipinski definition) is 1. The lowest BCUT2D eigenvalue weighted by molar-refractivity contribution is -0.154. The zero-order valence-corrected chi connectivity index (χ0v) is 13.5. The number of carbonyl (C=O) groups excluding carboxylic acids is 2. The SMILES string of the molecule is CCCCCCCCNCC(=O)C(=O)OCc1ccccc1. The van der Waals surface area contributed by atoms with Gasteiger partial charge in [-0.1, -0.05) is 69.4 Å². The summed E-state index contributed by atoms with van der Waals surface area (Å²) in [5.74, 6) is -1.28. The molecule has 0 bridgehead atoms. The van der Waals surface area contributed by atoms with Crippen LogP contribution >= 0.6 is 0 Å². The Bertz CT molecular complexity index is 431. The second kappa shape index (κ2) is 11.9. The van der Waals surface area contributed by atoms with E-state index in [1.807, 2.05) is 30.3 Å². The van der Waals surface area contributed by atoms with Crippen LogP contribution in [0.25, 0.3) is 0 Å². The highest BCUT2D eigenvalue weighted by Gasteiger charge is 2.14. The van der Waals surface area contributed by atoms with E-state index in [0.717, 1.165) is 18.5 Å². The van der Waals surface area contributed by atoms with Crippen LogP contribution in [-0.2, 0) is 20.9 Å². The number of nitrogens with one attached hydrogen (secondary N) is 1. The Kier molecular flexibility index (Phi) is 9.96. The van der Waals surface area contributed by atoms with E-state index in [0.29, 0.717) is 0 Å². The topological polar surface area (TPSA) is 55.4 Å². The Morgan fingerprint density at radius 3 is 2.41 bits per heavy atom. The second-order valence-corrected chi connectivity index (χ2v) is 5.43. The van der Waals surface area contributed by atoms with Crippen LogP contribution in [0.15, 0.2) is 30.3 Å². The van der Waals surface area contributed by atoms with Gasteiger partial charge in [0, 0.05) is 0 Å². The Hall–Kier alpha value is -1.68. The number of benzene rings is 1. The van der Waals surface area contributed by atoms with Gasteiger partial charge in [0.1, 0.15) is 6.61 Å². The van der Waals surface area contributed by atoms with Gasteiger partial charge in [-0.3, -0.25) is 4.79 Å². The number of ketones is 1. The minimum absolute atomic E-state index is 0.0581. The number of unbranched alkanes of at least 4 members (excludes halogenated alkanes) is 5. The molecule has 0 amide bonds. The van der Waals surface area contributed by atoms with Crippen molar-refractivity contribution in [3.05, 3.63) is 35.9 Å². The zero-order chi connectivity index (χ0) is 16.0. The molecule has 1 aromatic rings. The summed E-state index contributed by atoms with van der Waals surface area (Å²) in [7, 11) is 0. The van der Waals surface area contributed by atoms with Gasteiger partial charge in [0.15, 0.2) is 0 Å². The monoisotopic (exact) mass is 305 g/mol. The molecule has 0 spiro atoms. The summed E-state index contributed by atoms with van der Waals surface area (Å²) in [4.78, 5) is 23.1. The molecule has 0 aliphatic carbocycles. The van der Waals surface area contributed by atoms with E-state index in [9.17, 15) is 9.59 Å². The molecule has 1 aromatic carbocycles. The summed E-state index contributed by atoms with van der Waals surface area (Å²) in [6.07, 6.45) is 7.26. The summed E-state index contributed by atoms with van der Waals surface area (Å²) in [5, 5.41) is 3.00. The van der Waals surface area contributed by atoms with Gasteiger partial charge >= 0.3 is 5.97 Å². The first-order valence-corrected chi connectivity index (χ1v) is 8.18. The Morgan fingerprint density at radius 1 is 1.00 bits per heavy atom. The van der Waals surface area contributed by atoms with Crippen molar-refractivity contribution in [2.75, 3.05) is 13.1 Å². The number of Topliss-reactive ketones (excluding diaryl/α,β-unsaturated/α-hetero) is 1. The van der Waals surface area contributed by atoms with Crippen molar-refractivity contribution < 1.29 is 14.3 Å². The van der Waals surface area contributed by atoms with E-state index in [-0.39, 0.29) is 13.2 Å². The Morgan fingerprint density at radius 2 is 1.68 bits per heavy atom. The molecule has 0 saturated heterocycles. The first-order chi connectivity index (χ1) is 10.7. The summed E-state index contributed by atoms with van der Waals surface area (Å²) in [6.45, 7) is 3.17. The van der Waals surface area contributed by atoms with Gasteiger partial charge in [0.2, 0.25) is 0 Å². The molecule has 122 valence electrons. The van der Waals surface area contributed by atoms with E-state index in [2.05, 4.69) is 12.2 Å². The van der Waals surface area contributed by atoms with E-state index in [1.54, 1.807) is 0 Å². The fraction of sp³-hybridized carbons (Fsp3) is 0.556. The molecule has 0 radical (unpaired) electrons. The van der Waals surface area contributed by atoms with E-state index >= 15 is 0 Å². The van der Waals surface area contributed by atoms with Crippen LogP contribution in [0.4, 0.5) is 0 Å². The van der Waals surface area contributed by atoms with Crippen LogP contribution in [0.1, 0.15) is 51.0 Å². The second-order valence-electron chi connectivity index (χ2n) is 5.43. The van der Waals surface area contributed by atoms with Crippen LogP contribution in [-0.4, -0.2) is 24.8 Å². The maximum absolute atomic E-state index is 11.6. The van der Waals surface area contributed by atoms with Crippen molar-refractivity contribution in [3.63, 3.8) is 0 Å². The third-order valence-corrected chi connectivity index (χ3v) is 3.43. The van der Waals surface area contributed by atoms with Gasteiger partial charge in [-0.05, 0) is 18.5 Å². The lowest BCUT2D eigenvalue weighted by atomic mass is 10.1. The Balaban J connectivity index is 2.03. The molecule has 22 heavy (non-hydrogen) atoms. The maximum atomic E-state index is 11.6. The first-order valence-electron chi connectivity index (χ1n) is 8.18. The molecule has 0 heterocycles. The van der Waals surface area contributed by atoms with Gasteiger partial charge in [-0.2, -0.15) is 0 Å². The third kappa shape index (κ3) is 8.57. The molecule has 1 N–H and O–H groups in total. The molecule has 1 rings (SSSR count). The molecular weight excluding hydrogens is 278 g/mol. The number of rotatable bonds is 12. The molecule has 0 fully saturated rings. The van der Waals surface area contributed by atoms with Crippen molar-refractivity contribution in [3.8, 4) is 0 Å². The van der Waals surface area contributed by atoms with Gasteiger partial charge in [0.25, 0.3) is 5.78 Å². The summed E-state index contributed by atoms with van der Waals surface area (Å²) < 4.78 is 4.98. The molecule has 0 atom stereocenters. The van der Waals surface area contributed by atoms with Crippen molar-refractivity contribution >= 4 is 11.8 Å². The van der Waals surface area contributed by atoms with Crippen molar-refractivity contribution in [1.29, 1.82) is 0 Å². The minimum atomic E-state index is -0.765. The standard InChI is InChI=1S/C18H27NO3/c1-2-3-4-5-6-10-13-19-14-17(20)18(21)22-15-16-11-8-7-9-12-16/h7-9,11-12,19H,2-6,10,13-15H2,1H3. The number of hydrogen-bond acceptors (Lipinski definition) is 4. The highest BCUT2D eigenvalue weighted by Crippen LogP contribution is 2.04. The van der Waals surface area contributed by atoms with Gasteiger partial charge in [-0.25, -0.2) is 4.79 Å². The summed E-state index contributed by atoms with van der Waals surface area (Å²) >= 11 is 0. The third-order valence-electron chi connectivity index (χ3n) is 3.43. The van der Waals surface area contributed by atoms with Crippen LogP contribution in [0.5, 0.6) is 0 Å². The molecule has 4 heteroatoms. The van der Waals surface area contributed by atoms with Crippen LogP contribution in [0.3, 0.4) is 0 Å². The lowest BCUT2D eigenvalue weighted by Crippen LogP contribution is -2.30. The average molecular weight is 305 g/mol. The van der Waals surface area contributed by atoms with E-state index in [4.69, 9.17) is 4.74 Å². The number of esters is 1. The maximum Gasteiger partial charge on any atom is 0.376 e. The van der Waals surface area contributed by atoms with E-state index < -0.39 is 11.8 Å². The highest BCUT2D eigenvalue weighted by molar-refractivity contribution is 6.34. The molecule has 0 unspecified atom stereocenters. The number of carbonyl (C=O) groups is 2. The Labute approximate surface area is 133 Å². The molecule has 0 aliphatic rings. The quantitative estimate of drug-likeness (QED) is 0.366. The molecule has 0 aliphatic heterocycles. The molecule has 0 aromatic heterocycles. The van der Waals surface area contributed by atoms with Crippen LogP contribution < -0.4 is 5.32 Å². The minimum Gasteiger partial charge on any atom is -0.455 e. The van der Waals surface area contributed by atoms with Crippen molar-refractivity contribution in [2.45, 2.75) is 52.1 Å². The van der Waals surface area contributed by atoms with Gasteiger partial charge in [-0.15, -0.1) is 0 Å². The van der Waals surface area contributed by atoms with Crippen LogP contribution in [0, 0.1) is 0 Å². The van der Waals surface area contributed by atoms with Gasteiger partial charge in [0.05, 0.1) is 6.54 Å². The smallest absolute Gasteiger partial charge is 0.376 e. The molecule has 4 nitrogen and oxygen atoms in total. The summed E-state index contributed by atoms with van der Waals surface area (Å²) in [6, 6.07) is 9.34. The number of ether oxygens (including phenoxy) is 1. The highest BCUT2D eigenvalue weighted by atomic mass is 16.5. The summed E-state index contributed by atoms with van der Waals surface area (Å²) in [5.41, 5.74) is 0.878. The fourth-order valence-electron chi connectivity index (χ4n) is 2.11. The van der Waals surface area contributed by atoms with Gasteiger partial charge < -0.3 is 10.1 Å². The predicted octanol–water partition coefficient (Wildman–Crippen LogP) is 3.25. The lowest BCUT2D eigenvalue weighted by Gasteiger charge is -2.05. The van der Waals surface area contributed by atoms with E-state index in [1.165, 1.54) is 32.1 Å². The first kappa shape index (κ1) is 18.4. The zero-order valence-electron chi connectivity index (χ0n) is 13.5. The molecular formula is C18H27NO3. The predicted molar refractivity (Wildman–Crippen MR) is 87.5 cm³/mol.